The van der Waals surface area contributed by atoms with Gasteiger partial charge in [0.2, 0.25) is 0 Å². The summed E-state index contributed by atoms with van der Waals surface area (Å²) in [5.74, 6) is 0.594. The third-order valence-electron chi connectivity index (χ3n) is 3.11. The van der Waals surface area contributed by atoms with Gasteiger partial charge in [0.15, 0.2) is 5.78 Å². The van der Waals surface area contributed by atoms with Crippen molar-refractivity contribution in [3.8, 4) is 0 Å². The van der Waals surface area contributed by atoms with Crippen molar-refractivity contribution in [1.82, 2.24) is 9.97 Å². The van der Waals surface area contributed by atoms with Crippen LogP contribution in [0.5, 0.6) is 0 Å². The molecule has 94 valence electrons. The van der Waals surface area contributed by atoms with Crippen molar-refractivity contribution in [2.45, 2.75) is 33.1 Å². The molecule has 1 aromatic carbocycles. The summed E-state index contributed by atoms with van der Waals surface area (Å²) in [6, 6.07) is 5.60. The van der Waals surface area contributed by atoms with Crippen LogP contribution in [0.1, 0.15) is 43.5 Å². The average molecular weight is 242 g/mol. The normalized spacial score (nSPS) is 12.6. The Morgan fingerprint density at radius 1 is 1.28 bits per heavy atom. The number of carbonyl (C=O) groups excluding carboxylic acids is 1. The first-order valence-corrected chi connectivity index (χ1v) is 6.45. The molecule has 0 saturated carbocycles. The summed E-state index contributed by atoms with van der Waals surface area (Å²) in [6.45, 7) is 4.27. The van der Waals surface area contributed by atoms with Crippen molar-refractivity contribution in [3.63, 3.8) is 0 Å². The first-order valence-electron chi connectivity index (χ1n) is 6.45. The molecule has 0 aliphatic carbocycles. The van der Waals surface area contributed by atoms with Crippen LogP contribution in [0.2, 0.25) is 0 Å². The molecule has 3 heteroatoms. The molecule has 18 heavy (non-hydrogen) atoms. The maximum atomic E-state index is 12.3. The third-order valence-corrected chi connectivity index (χ3v) is 3.11. The summed E-state index contributed by atoms with van der Waals surface area (Å²) in [7, 11) is 0. The first-order chi connectivity index (χ1) is 8.72. The average Bonchev–Trinajstić information content (AvgIpc) is 2.38. The molecular weight excluding hydrogens is 224 g/mol. The van der Waals surface area contributed by atoms with Crippen LogP contribution in [0, 0.1) is 5.92 Å². The number of ketones is 1. The fourth-order valence-electron chi connectivity index (χ4n) is 2.24. The van der Waals surface area contributed by atoms with Gasteiger partial charge in [-0.15, -0.1) is 0 Å². The lowest BCUT2D eigenvalue weighted by atomic mass is 9.95. The van der Waals surface area contributed by atoms with Crippen molar-refractivity contribution in [2.24, 2.45) is 5.92 Å². The van der Waals surface area contributed by atoms with Crippen LogP contribution in [0.4, 0.5) is 0 Å². The Morgan fingerprint density at radius 3 is 2.83 bits per heavy atom. The van der Waals surface area contributed by atoms with Gasteiger partial charge in [-0.3, -0.25) is 14.8 Å². The van der Waals surface area contributed by atoms with Crippen molar-refractivity contribution >= 4 is 16.8 Å². The Labute approximate surface area is 107 Å². The smallest absolute Gasteiger partial charge is 0.165 e. The van der Waals surface area contributed by atoms with E-state index in [2.05, 4.69) is 23.8 Å². The zero-order chi connectivity index (χ0) is 13.0. The lowest BCUT2D eigenvalue weighted by Crippen LogP contribution is -2.07. The van der Waals surface area contributed by atoms with Crippen LogP contribution in [0.3, 0.4) is 0 Å². The van der Waals surface area contributed by atoms with Crippen molar-refractivity contribution in [2.75, 3.05) is 0 Å². The topological polar surface area (TPSA) is 42.9 Å². The Kier molecular flexibility index (Phi) is 4.03. The van der Waals surface area contributed by atoms with Gasteiger partial charge in [0.05, 0.1) is 11.0 Å². The van der Waals surface area contributed by atoms with Gasteiger partial charge in [-0.2, -0.15) is 0 Å². The fourth-order valence-corrected chi connectivity index (χ4v) is 2.24. The maximum absolute atomic E-state index is 12.3. The molecule has 3 nitrogen and oxygen atoms in total. The van der Waals surface area contributed by atoms with Crippen LogP contribution in [0.15, 0.2) is 30.6 Å². The number of nitrogens with zero attached hydrogens (tertiary/aromatic N) is 2. The molecule has 1 atom stereocenters. The third kappa shape index (κ3) is 2.73. The van der Waals surface area contributed by atoms with Gasteiger partial charge < -0.3 is 0 Å². The Hall–Kier alpha value is -1.77. The number of benzene rings is 1. The number of fused-ring (bicyclic) bond motifs is 1. The van der Waals surface area contributed by atoms with Crippen LogP contribution >= 0.6 is 0 Å². The van der Waals surface area contributed by atoms with Crippen molar-refractivity contribution in [3.05, 3.63) is 36.2 Å². The molecule has 0 saturated heterocycles. The number of carbonyl (C=O) groups is 1. The first kappa shape index (κ1) is 12.7. The highest BCUT2D eigenvalue weighted by Gasteiger charge is 2.14. The molecule has 0 amide bonds. The molecule has 0 aliphatic heterocycles. The quantitative estimate of drug-likeness (QED) is 0.752. The summed E-state index contributed by atoms with van der Waals surface area (Å²) in [5.41, 5.74) is 2.20. The number of Topliss-reactive ketones (excluding diaryl/α,β-unsaturated/α-hetero) is 1. The summed E-state index contributed by atoms with van der Waals surface area (Å²) in [4.78, 5) is 20.8. The van der Waals surface area contributed by atoms with E-state index in [4.69, 9.17) is 0 Å². The number of aromatic nitrogens is 2. The van der Waals surface area contributed by atoms with E-state index < -0.39 is 0 Å². The second-order valence-corrected chi connectivity index (χ2v) is 4.75. The van der Waals surface area contributed by atoms with E-state index >= 15 is 0 Å². The van der Waals surface area contributed by atoms with Gasteiger partial charge in [0.1, 0.15) is 0 Å². The number of para-hydroxylation sites is 1. The molecule has 0 N–H and O–H groups in total. The molecule has 2 aromatic rings. The van der Waals surface area contributed by atoms with E-state index in [1.54, 1.807) is 12.4 Å². The lowest BCUT2D eigenvalue weighted by molar-refractivity contribution is 0.0964. The van der Waals surface area contributed by atoms with Crippen molar-refractivity contribution in [1.29, 1.82) is 0 Å². The van der Waals surface area contributed by atoms with Gasteiger partial charge >= 0.3 is 0 Å². The molecule has 1 aromatic heterocycles. The van der Waals surface area contributed by atoms with E-state index in [0.29, 0.717) is 23.4 Å². The highest BCUT2D eigenvalue weighted by Crippen LogP contribution is 2.19. The predicted molar refractivity (Wildman–Crippen MR) is 72.6 cm³/mol. The summed E-state index contributed by atoms with van der Waals surface area (Å²) in [5, 5.41) is 0. The predicted octanol–water partition coefficient (Wildman–Crippen LogP) is 3.64. The van der Waals surface area contributed by atoms with E-state index in [-0.39, 0.29) is 5.78 Å². The van der Waals surface area contributed by atoms with Gasteiger partial charge in [0, 0.05) is 24.4 Å². The molecule has 1 unspecified atom stereocenters. The zero-order valence-electron chi connectivity index (χ0n) is 10.9. The molecule has 0 spiro atoms. The van der Waals surface area contributed by atoms with Crippen LogP contribution in [-0.2, 0) is 0 Å². The molecule has 0 fully saturated rings. The second-order valence-electron chi connectivity index (χ2n) is 4.75. The van der Waals surface area contributed by atoms with Crippen molar-refractivity contribution < 1.29 is 4.79 Å². The van der Waals surface area contributed by atoms with Gasteiger partial charge in [-0.1, -0.05) is 32.8 Å². The number of rotatable bonds is 5. The molecule has 0 radical (unpaired) electrons. The number of hydrogen-bond donors (Lipinski definition) is 0. The molecule has 2 rings (SSSR count). The van der Waals surface area contributed by atoms with E-state index in [1.807, 2.05) is 18.2 Å². The highest BCUT2D eigenvalue weighted by atomic mass is 16.1. The SMILES string of the molecule is CCCC(C)CC(=O)c1cccc2nccnc12. The largest absolute Gasteiger partial charge is 0.294 e. The standard InChI is InChI=1S/C15H18N2O/c1-3-5-11(2)10-14(18)12-6-4-7-13-15(12)17-9-8-16-13/h4,6-9,11H,3,5,10H2,1-2H3. The lowest BCUT2D eigenvalue weighted by Gasteiger charge is -2.09. The second kappa shape index (κ2) is 5.71. The van der Waals surface area contributed by atoms with Gasteiger partial charge in [0.25, 0.3) is 0 Å². The fraction of sp³-hybridized carbons (Fsp3) is 0.400. The van der Waals surface area contributed by atoms with Crippen LogP contribution in [-0.4, -0.2) is 15.8 Å². The Bertz CT molecular complexity index is 546. The van der Waals surface area contributed by atoms with E-state index in [9.17, 15) is 4.79 Å². The highest BCUT2D eigenvalue weighted by molar-refractivity contribution is 6.05. The Morgan fingerprint density at radius 2 is 2.06 bits per heavy atom. The molecule has 0 bridgehead atoms. The number of hydrogen-bond acceptors (Lipinski definition) is 3. The molecular formula is C15H18N2O. The van der Waals surface area contributed by atoms with Gasteiger partial charge in [-0.05, 0) is 18.1 Å². The molecule has 1 heterocycles. The van der Waals surface area contributed by atoms with E-state index in [0.717, 1.165) is 18.4 Å². The molecule has 0 aliphatic rings. The Balaban J connectivity index is 2.28. The van der Waals surface area contributed by atoms with E-state index in [1.165, 1.54) is 0 Å². The van der Waals surface area contributed by atoms with Crippen LogP contribution < -0.4 is 0 Å². The zero-order valence-corrected chi connectivity index (χ0v) is 10.9. The monoisotopic (exact) mass is 242 g/mol. The van der Waals surface area contributed by atoms with Crippen LogP contribution in [0.25, 0.3) is 11.0 Å². The minimum absolute atomic E-state index is 0.169. The maximum Gasteiger partial charge on any atom is 0.165 e. The minimum Gasteiger partial charge on any atom is -0.294 e. The summed E-state index contributed by atoms with van der Waals surface area (Å²) in [6.07, 6.45) is 6.07. The summed E-state index contributed by atoms with van der Waals surface area (Å²) < 4.78 is 0. The summed E-state index contributed by atoms with van der Waals surface area (Å²) >= 11 is 0. The minimum atomic E-state index is 0.169. The van der Waals surface area contributed by atoms with Gasteiger partial charge in [-0.25, -0.2) is 0 Å².